The number of carbonyl (C=O) groups excluding carboxylic acids is 4. The van der Waals surface area contributed by atoms with E-state index in [2.05, 4.69) is 19.7 Å². The van der Waals surface area contributed by atoms with E-state index in [9.17, 15) is 24.3 Å². The van der Waals surface area contributed by atoms with Crippen molar-refractivity contribution < 1.29 is 24.3 Å². The Kier molecular flexibility index (Phi) is 7.19. The predicted octanol–water partition coefficient (Wildman–Crippen LogP) is 6.45. The number of rotatable bonds is 7. The van der Waals surface area contributed by atoms with Gasteiger partial charge in [0, 0.05) is 11.5 Å². The lowest BCUT2D eigenvalue weighted by atomic mass is 9.57. The Bertz CT molecular complexity index is 1850. The van der Waals surface area contributed by atoms with Crippen LogP contribution in [0.25, 0.3) is 12.2 Å². The largest absolute Gasteiger partial charge is 0.507 e. The fourth-order valence-corrected chi connectivity index (χ4v) is 8.15. The van der Waals surface area contributed by atoms with Crippen LogP contribution in [-0.4, -0.2) is 28.7 Å². The van der Waals surface area contributed by atoms with E-state index in [1.165, 1.54) is 9.80 Å². The van der Waals surface area contributed by atoms with Crippen LogP contribution < -0.4 is 9.80 Å². The van der Waals surface area contributed by atoms with Gasteiger partial charge in [0.05, 0.1) is 35.0 Å². The Morgan fingerprint density at radius 2 is 1.26 bits per heavy atom. The van der Waals surface area contributed by atoms with Crippen LogP contribution in [0, 0.1) is 29.6 Å². The molecular weight excluding hydrogens is 576 g/mol. The fraction of sp³-hybridized carbons (Fsp3) is 0.231. The Morgan fingerprint density at radius 1 is 0.696 bits per heavy atom. The average molecular weight is 611 g/mol. The van der Waals surface area contributed by atoms with Crippen LogP contribution in [0.1, 0.15) is 41.0 Å². The second-order valence-electron chi connectivity index (χ2n) is 12.5. The number of fused-ring (bicyclic) bond motifs is 4. The van der Waals surface area contributed by atoms with E-state index in [1.54, 1.807) is 60.7 Å². The van der Waals surface area contributed by atoms with Gasteiger partial charge < -0.3 is 5.11 Å². The SMILES string of the molecule is C=CCc1cccc(C2C3=CCC4C(=O)N(c5ccc(C=C)cc5)C(=O)C4C3CC3C(=O)N(c4ccc(C=C)cc4)C(=O)C32)c1O. The highest BCUT2D eigenvalue weighted by Crippen LogP contribution is 2.59. The third kappa shape index (κ3) is 4.33. The zero-order valence-electron chi connectivity index (χ0n) is 25.3. The second-order valence-corrected chi connectivity index (χ2v) is 12.5. The van der Waals surface area contributed by atoms with Crippen LogP contribution in [0.2, 0.25) is 0 Å². The van der Waals surface area contributed by atoms with Gasteiger partial charge in [0.1, 0.15) is 5.75 Å². The predicted molar refractivity (Wildman–Crippen MR) is 178 cm³/mol. The number of imide groups is 2. The van der Waals surface area contributed by atoms with Crippen molar-refractivity contribution in [2.75, 3.05) is 9.80 Å². The molecule has 0 aromatic heterocycles. The number of nitrogens with zero attached hydrogens (tertiary/aromatic N) is 2. The Hall–Kier alpha value is -5.30. The van der Waals surface area contributed by atoms with E-state index in [0.717, 1.165) is 16.7 Å². The minimum absolute atomic E-state index is 0.0571. The number of allylic oxidation sites excluding steroid dienone is 3. The summed E-state index contributed by atoms with van der Waals surface area (Å²) in [7, 11) is 0. The lowest BCUT2D eigenvalue weighted by Gasteiger charge is -2.44. The van der Waals surface area contributed by atoms with Crippen LogP contribution in [0.15, 0.2) is 104 Å². The topological polar surface area (TPSA) is 95.0 Å². The summed E-state index contributed by atoms with van der Waals surface area (Å²) in [5.74, 6) is -5.03. The third-order valence-electron chi connectivity index (χ3n) is 10.3. The summed E-state index contributed by atoms with van der Waals surface area (Å²) in [6.07, 6.45) is 8.09. The highest BCUT2D eigenvalue weighted by molar-refractivity contribution is 6.24. The molecule has 46 heavy (non-hydrogen) atoms. The number of phenolic OH excluding ortho intramolecular Hbond substituents is 1. The molecule has 6 unspecified atom stereocenters. The van der Waals surface area contributed by atoms with Crippen molar-refractivity contribution in [1.29, 1.82) is 0 Å². The van der Waals surface area contributed by atoms with Gasteiger partial charge in [0.15, 0.2) is 0 Å². The molecule has 3 fully saturated rings. The molecule has 6 atom stereocenters. The van der Waals surface area contributed by atoms with Crippen molar-refractivity contribution in [3.63, 3.8) is 0 Å². The van der Waals surface area contributed by atoms with Crippen molar-refractivity contribution in [2.45, 2.75) is 25.2 Å². The molecule has 7 rings (SSSR count). The number of amides is 4. The van der Waals surface area contributed by atoms with Gasteiger partial charge >= 0.3 is 0 Å². The maximum absolute atomic E-state index is 14.3. The number of carbonyl (C=O) groups is 4. The summed E-state index contributed by atoms with van der Waals surface area (Å²) >= 11 is 0. The molecule has 3 aromatic carbocycles. The van der Waals surface area contributed by atoms with Crippen molar-refractivity contribution in [3.8, 4) is 5.75 Å². The first-order valence-electron chi connectivity index (χ1n) is 15.6. The minimum Gasteiger partial charge on any atom is -0.507 e. The molecule has 7 nitrogen and oxygen atoms in total. The molecule has 1 saturated carbocycles. The molecule has 0 radical (unpaired) electrons. The number of hydrogen-bond acceptors (Lipinski definition) is 5. The standard InChI is InChI=1S/C39H34N2O5/c1-4-8-24-9-7-10-28(35(24)42)32-27-19-20-29-33(38(45)40(36(29)43)25-15-11-22(5-2)12-16-25)30(27)21-31-34(32)39(46)41(37(31)44)26-17-13-23(6-3)14-18-26/h4-7,9-19,29-34,42H,1-3,8,20-21H2. The van der Waals surface area contributed by atoms with Gasteiger partial charge in [-0.2, -0.15) is 0 Å². The molecular formula is C39H34N2O5. The van der Waals surface area contributed by atoms with Gasteiger partial charge in [-0.05, 0) is 66.1 Å². The average Bonchev–Trinajstić information content (AvgIpc) is 3.48. The summed E-state index contributed by atoms with van der Waals surface area (Å²) in [5, 5.41) is 11.6. The van der Waals surface area contributed by atoms with Crippen LogP contribution >= 0.6 is 0 Å². The third-order valence-corrected chi connectivity index (χ3v) is 10.3. The van der Waals surface area contributed by atoms with Gasteiger partial charge in [0.2, 0.25) is 23.6 Å². The van der Waals surface area contributed by atoms with Crippen molar-refractivity contribution in [1.82, 2.24) is 0 Å². The summed E-state index contributed by atoms with van der Waals surface area (Å²) in [5.41, 5.74) is 4.74. The molecule has 230 valence electrons. The van der Waals surface area contributed by atoms with Crippen LogP contribution in [0.3, 0.4) is 0 Å². The number of phenols is 1. The molecule has 4 amide bonds. The molecule has 3 aromatic rings. The van der Waals surface area contributed by atoms with Gasteiger partial charge in [-0.1, -0.05) is 85.5 Å². The number of benzene rings is 3. The Morgan fingerprint density at radius 3 is 1.83 bits per heavy atom. The molecule has 2 heterocycles. The maximum atomic E-state index is 14.3. The molecule has 2 saturated heterocycles. The lowest BCUT2D eigenvalue weighted by molar-refractivity contribution is -0.126. The monoisotopic (exact) mass is 610 g/mol. The lowest BCUT2D eigenvalue weighted by Crippen LogP contribution is -2.43. The number of para-hydroxylation sites is 1. The second kappa shape index (κ2) is 11.2. The zero-order chi connectivity index (χ0) is 32.3. The maximum Gasteiger partial charge on any atom is 0.238 e. The summed E-state index contributed by atoms with van der Waals surface area (Å²) in [6.45, 7) is 11.4. The molecule has 2 aliphatic heterocycles. The first-order chi connectivity index (χ1) is 22.3. The van der Waals surface area contributed by atoms with Crippen molar-refractivity contribution in [2.24, 2.45) is 29.6 Å². The van der Waals surface area contributed by atoms with E-state index in [1.807, 2.05) is 30.3 Å². The van der Waals surface area contributed by atoms with Gasteiger partial charge in [-0.15, -0.1) is 6.58 Å². The Labute approximate surface area is 267 Å². The van der Waals surface area contributed by atoms with E-state index in [0.29, 0.717) is 35.3 Å². The number of anilines is 2. The normalized spacial score (nSPS) is 26.7. The Balaban J connectivity index is 1.34. The highest BCUT2D eigenvalue weighted by Gasteiger charge is 2.62. The van der Waals surface area contributed by atoms with Crippen LogP contribution in [-0.2, 0) is 25.6 Å². The quantitative estimate of drug-likeness (QED) is 0.245. The molecule has 7 heteroatoms. The smallest absolute Gasteiger partial charge is 0.238 e. The molecule has 0 bridgehead atoms. The van der Waals surface area contributed by atoms with Gasteiger partial charge in [-0.3, -0.25) is 29.0 Å². The molecule has 0 spiro atoms. The summed E-state index contributed by atoms with van der Waals surface area (Å²) in [4.78, 5) is 59.1. The van der Waals surface area contributed by atoms with Crippen molar-refractivity contribution in [3.05, 3.63) is 126 Å². The number of hydrogen-bond donors (Lipinski definition) is 1. The minimum atomic E-state index is -0.773. The molecule has 4 aliphatic rings. The van der Waals surface area contributed by atoms with Crippen molar-refractivity contribution >= 4 is 47.2 Å². The molecule has 2 aliphatic carbocycles. The first-order valence-corrected chi connectivity index (χ1v) is 15.6. The van der Waals surface area contributed by atoms with E-state index in [-0.39, 0.29) is 35.8 Å². The van der Waals surface area contributed by atoms with Crippen LogP contribution in [0.5, 0.6) is 5.75 Å². The van der Waals surface area contributed by atoms with E-state index in [4.69, 9.17) is 0 Å². The van der Waals surface area contributed by atoms with Gasteiger partial charge in [0.25, 0.3) is 0 Å². The first kappa shape index (κ1) is 29.4. The van der Waals surface area contributed by atoms with E-state index >= 15 is 0 Å². The summed E-state index contributed by atoms with van der Waals surface area (Å²) in [6, 6.07) is 19.6. The zero-order valence-corrected chi connectivity index (χ0v) is 25.3. The van der Waals surface area contributed by atoms with Crippen LogP contribution in [0.4, 0.5) is 11.4 Å². The number of aromatic hydroxyl groups is 1. The molecule has 1 N–H and O–H groups in total. The highest BCUT2D eigenvalue weighted by atomic mass is 16.3. The van der Waals surface area contributed by atoms with Gasteiger partial charge in [-0.25, -0.2) is 0 Å². The van der Waals surface area contributed by atoms with E-state index < -0.39 is 35.5 Å². The summed E-state index contributed by atoms with van der Waals surface area (Å²) < 4.78 is 0. The fourth-order valence-electron chi connectivity index (χ4n) is 8.15.